The average Bonchev–Trinajstić information content (AvgIpc) is 3.10. The van der Waals surface area contributed by atoms with Crippen molar-refractivity contribution in [1.29, 1.82) is 0 Å². The highest BCUT2D eigenvalue weighted by molar-refractivity contribution is 5.77. The van der Waals surface area contributed by atoms with Crippen LogP contribution in [0.5, 0.6) is 0 Å². The van der Waals surface area contributed by atoms with Crippen LogP contribution in [-0.4, -0.2) is 9.55 Å². The summed E-state index contributed by atoms with van der Waals surface area (Å²) in [5, 5.41) is 0. The predicted octanol–water partition coefficient (Wildman–Crippen LogP) is 3.34. The van der Waals surface area contributed by atoms with Gasteiger partial charge in [-0.15, -0.1) is 0 Å². The van der Waals surface area contributed by atoms with E-state index in [0.29, 0.717) is 0 Å². The molecule has 0 fully saturated rings. The Morgan fingerprint density at radius 3 is 2.59 bits per heavy atom. The number of nitrogens with zero attached hydrogens (tertiary/aromatic N) is 3. The first kappa shape index (κ1) is 11.7. The standard InChI is InChI=1S/C19H14N3/c1-2-8-15(9-3-1)22-18-17(11-6-12-20-18)21-13-14-7-4-5-10-16(14)19(21)22/h1-12H,13H2/q+1. The van der Waals surface area contributed by atoms with Gasteiger partial charge in [0, 0.05) is 11.8 Å². The molecule has 0 spiro atoms. The molecule has 0 atom stereocenters. The molecule has 5 rings (SSSR count). The Morgan fingerprint density at radius 2 is 1.68 bits per heavy atom. The molecule has 104 valence electrons. The summed E-state index contributed by atoms with van der Waals surface area (Å²) in [6, 6.07) is 23.2. The van der Waals surface area contributed by atoms with E-state index >= 15 is 0 Å². The maximum Gasteiger partial charge on any atom is 0.297 e. The van der Waals surface area contributed by atoms with Gasteiger partial charge in [-0.25, -0.2) is 9.55 Å². The average molecular weight is 284 g/mol. The minimum absolute atomic E-state index is 0.910. The molecule has 1 aliphatic rings. The van der Waals surface area contributed by atoms with E-state index in [2.05, 4.69) is 68.7 Å². The van der Waals surface area contributed by atoms with Crippen molar-refractivity contribution >= 4 is 11.2 Å². The number of pyridine rings is 1. The summed E-state index contributed by atoms with van der Waals surface area (Å²) in [5.41, 5.74) is 6.00. The molecule has 0 aliphatic carbocycles. The predicted molar refractivity (Wildman–Crippen MR) is 85.8 cm³/mol. The van der Waals surface area contributed by atoms with E-state index in [0.717, 1.165) is 17.9 Å². The third-order valence-electron chi connectivity index (χ3n) is 4.34. The number of rotatable bonds is 1. The summed E-state index contributed by atoms with van der Waals surface area (Å²) >= 11 is 0. The number of aromatic nitrogens is 3. The van der Waals surface area contributed by atoms with Crippen LogP contribution in [0.15, 0.2) is 72.9 Å². The van der Waals surface area contributed by atoms with Crippen molar-refractivity contribution in [1.82, 2.24) is 9.55 Å². The SMILES string of the molecule is c1ccc(-n2c3[n+](c4cccnc42)Cc2ccccc2-3)cc1. The normalized spacial score (nSPS) is 12.4. The van der Waals surface area contributed by atoms with E-state index < -0.39 is 0 Å². The highest BCUT2D eigenvalue weighted by atomic mass is 15.2. The molecule has 0 N–H and O–H groups in total. The summed E-state index contributed by atoms with van der Waals surface area (Å²) in [7, 11) is 0. The summed E-state index contributed by atoms with van der Waals surface area (Å²) in [6.07, 6.45) is 1.86. The maximum atomic E-state index is 4.64. The quantitative estimate of drug-likeness (QED) is 0.433. The van der Waals surface area contributed by atoms with E-state index in [1.54, 1.807) is 0 Å². The van der Waals surface area contributed by atoms with E-state index in [-0.39, 0.29) is 0 Å². The number of hydrogen-bond donors (Lipinski definition) is 0. The lowest BCUT2D eigenvalue weighted by Crippen LogP contribution is -2.31. The fraction of sp³-hybridized carbons (Fsp3) is 0.0526. The first-order chi connectivity index (χ1) is 10.9. The van der Waals surface area contributed by atoms with Gasteiger partial charge in [-0.2, -0.15) is 4.57 Å². The molecule has 3 heterocycles. The molecule has 0 bridgehead atoms. The van der Waals surface area contributed by atoms with Gasteiger partial charge in [0.2, 0.25) is 0 Å². The zero-order valence-electron chi connectivity index (χ0n) is 12.0. The van der Waals surface area contributed by atoms with Gasteiger partial charge in [0.25, 0.3) is 11.5 Å². The first-order valence-electron chi connectivity index (χ1n) is 7.46. The Labute approximate surface area is 128 Å². The number of benzene rings is 2. The molecule has 0 saturated heterocycles. The summed E-state index contributed by atoms with van der Waals surface area (Å²) in [4.78, 5) is 4.64. The van der Waals surface area contributed by atoms with Gasteiger partial charge in [-0.3, -0.25) is 0 Å². The van der Waals surface area contributed by atoms with Crippen molar-refractivity contribution in [3.8, 4) is 17.1 Å². The maximum absolute atomic E-state index is 4.64. The summed E-state index contributed by atoms with van der Waals surface area (Å²) in [5.74, 6) is 1.22. The van der Waals surface area contributed by atoms with Crippen molar-refractivity contribution in [2.45, 2.75) is 6.54 Å². The van der Waals surface area contributed by atoms with Crippen LogP contribution in [-0.2, 0) is 6.54 Å². The highest BCUT2D eigenvalue weighted by Crippen LogP contribution is 2.32. The number of hydrogen-bond acceptors (Lipinski definition) is 1. The fourth-order valence-electron chi connectivity index (χ4n) is 3.40. The minimum atomic E-state index is 0.910. The topological polar surface area (TPSA) is 21.7 Å². The second-order valence-electron chi connectivity index (χ2n) is 5.58. The number of imidazole rings is 1. The van der Waals surface area contributed by atoms with Crippen molar-refractivity contribution < 1.29 is 4.57 Å². The van der Waals surface area contributed by atoms with Gasteiger partial charge >= 0.3 is 0 Å². The number of fused-ring (bicyclic) bond motifs is 5. The monoisotopic (exact) mass is 284 g/mol. The van der Waals surface area contributed by atoms with Crippen LogP contribution < -0.4 is 4.57 Å². The Kier molecular flexibility index (Phi) is 2.27. The van der Waals surface area contributed by atoms with Gasteiger partial charge in [-0.05, 0) is 30.3 Å². The van der Waals surface area contributed by atoms with Crippen molar-refractivity contribution in [3.05, 3.63) is 78.5 Å². The lowest BCUT2D eigenvalue weighted by molar-refractivity contribution is -0.645. The van der Waals surface area contributed by atoms with Gasteiger partial charge in [0.15, 0.2) is 5.52 Å². The van der Waals surface area contributed by atoms with Crippen LogP contribution in [0.3, 0.4) is 0 Å². The number of para-hydroxylation sites is 1. The zero-order valence-corrected chi connectivity index (χ0v) is 12.0. The van der Waals surface area contributed by atoms with Crippen LogP contribution in [0.25, 0.3) is 28.2 Å². The molecular formula is C19H14N3+. The summed E-state index contributed by atoms with van der Waals surface area (Å²) in [6.45, 7) is 0.910. The van der Waals surface area contributed by atoms with Crippen molar-refractivity contribution in [2.75, 3.05) is 0 Å². The fourth-order valence-corrected chi connectivity index (χ4v) is 3.40. The Balaban J connectivity index is 1.95. The molecule has 0 saturated carbocycles. The van der Waals surface area contributed by atoms with E-state index in [4.69, 9.17) is 0 Å². The van der Waals surface area contributed by atoms with Crippen LogP contribution in [0.1, 0.15) is 5.56 Å². The molecule has 4 aromatic rings. The third kappa shape index (κ3) is 1.45. The van der Waals surface area contributed by atoms with E-state index in [9.17, 15) is 0 Å². The third-order valence-corrected chi connectivity index (χ3v) is 4.34. The molecule has 22 heavy (non-hydrogen) atoms. The molecule has 0 radical (unpaired) electrons. The molecule has 0 unspecified atom stereocenters. The zero-order chi connectivity index (χ0) is 14.5. The first-order valence-corrected chi connectivity index (χ1v) is 7.46. The van der Waals surface area contributed by atoms with Crippen LogP contribution in [0, 0.1) is 0 Å². The van der Waals surface area contributed by atoms with E-state index in [1.807, 2.05) is 18.3 Å². The van der Waals surface area contributed by atoms with Gasteiger partial charge in [0.05, 0.1) is 5.56 Å². The lowest BCUT2D eigenvalue weighted by Gasteiger charge is -2.00. The largest absolute Gasteiger partial charge is 0.297 e. The smallest absolute Gasteiger partial charge is 0.217 e. The lowest BCUT2D eigenvalue weighted by atomic mass is 10.1. The molecule has 3 nitrogen and oxygen atoms in total. The van der Waals surface area contributed by atoms with Gasteiger partial charge in [-0.1, -0.05) is 36.4 Å². The molecule has 2 aromatic carbocycles. The highest BCUT2D eigenvalue weighted by Gasteiger charge is 2.34. The molecule has 0 amide bonds. The summed E-state index contributed by atoms with van der Waals surface area (Å²) < 4.78 is 4.63. The Morgan fingerprint density at radius 1 is 0.864 bits per heavy atom. The molecule has 3 heteroatoms. The Hall–Kier alpha value is -2.94. The van der Waals surface area contributed by atoms with Crippen LogP contribution >= 0.6 is 0 Å². The second-order valence-corrected chi connectivity index (χ2v) is 5.58. The van der Waals surface area contributed by atoms with Gasteiger partial charge in [0.1, 0.15) is 12.2 Å². The molecular weight excluding hydrogens is 270 g/mol. The molecule has 1 aliphatic heterocycles. The second kappa shape index (κ2) is 4.28. The van der Waals surface area contributed by atoms with Crippen LogP contribution in [0.4, 0.5) is 0 Å². The van der Waals surface area contributed by atoms with Crippen molar-refractivity contribution in [3.63, 3.8) is 0 Å². The van der Waals surface area contributed by atoms with Gasteiger partial charge < -0.3 is 0 Å². The van der Waals surface area contributed by atoms with Crippen molar-refractivity contribution in [2.24, 2.45) is 0 Å². The van der Waals surface area contributed by atoms with E-state index in [1.165, 1.54) is 22.5 Å². The minimum Gasteiger partial charge on any atom is -0.217 e. The Bertz CT molecular complexity index is 1000. The van der Waals surface area contributed by atoms with Crippen LogP contribution in [0.2, 0.25) is 0 Å². The molecule has 2 aromatic heterocycles.